The highest BCUT2D eigenvalue weighted by atomic mass is 35.5. The van der Waals surface area contributed by atoms with Crippen molar-refractivity contribution in [2.24, 2.45) is 5.92 Å². The molecule has 0 bridgehead atoms. The lowest BCUT2D eigenvalue weighted by molar-refractivity contribution is -0.139. The first-order valence-corrected chi connectivity index (χ1v) is 10.4. The molecule has 1 spiro atoms. The molecule has 5 rings (SSSR count). The summed E-state index contributed by atoms with van der Waals surface area (Å²) in [5.41, 5.74) is 1.56. The Bertz CT molecular complexity index is 913. The third-order valence-electron chi connectivity index (χ3n) is 6.49. The molecule has 1 aromatic heterocycles. The molecular formula is C21H25ClN4O2. The van der Waals surface area contributed by atoms with Gasteiger partial charge in [-0.3, -0.25) is 9.69 Å². The lowest BCUT2D eigenvalue weighted by atomic mass is 10.0. The van der Waals surface area contributed by atoms with Gasteiger partial charge in [-0.1, -0.05) is 37.6 Å². The lowest BCUT2D eigenvalue weighted by Crippen LogP contribution is -2.50. The lowest BCUT2D eigenvalue weighted by Gasteiger charge is -2.34. The van der Waals surface area contributed by atoms with Crippen molar-refractivity contribution in [1.82, 2.24) is 19.6 Å². The van der Waals surface area contributed by atoms with E-state index in [9.17, 15) is 4.79 Å². The number of likely N-dealkylation sites (tertiary alicyclic amines) is 1. The summed E-state index contributed by atoms with van der Waals surface area (Å²) < 4.78 is 8.13. The quantitative estimate of drug-likeness (QED) is 0.791. The molecule has 3 aliphatic rings. The number of amides is 1. The van der Waals surface area contributed by atoms with Crippen LogP contribution in [0.5, 0.6) is 0 Å². The molecule has 1 aromatic carbocycles. The fourth-order valence-corrected chi connectivity index (χ4v) is 5.31. The van der Waals surface area contributed by atoms with Crippen LogP contribution in [0.4, 0.5) is 0 Å². The van der Waals surface area contributed by atoms with Gasteiger partial charge in [0.05, 0.1) is 35.6 Å². The Kier molecular flexibility index (Phi) is 4.27. The van der Waals surface area contributed by atoms with Crippen LogP contribution in [0, 0.1) is 5.92 Å². The number of carbonyl (C=O) groups is 1. The van der Waals surface area contributed by atoms with Gasteiger partial charge in [-0.05, 0) is 18.1 Å². The Hall–Kier alpha value is -1.89. The number of nitrogens with zero attached hydrogens (tertiary/aromatic N) is 4. The molecule has 148 valence electrons. The van der Waals surface area contributed by atoms with Crippen LogP contribution in [0.1, 0.15) is 32.3 Å². The minimum Gasteiger partial charge on any atom is -0.352 e. The van der Waals surface area contributed by atoms with Crippen molar-refractivity contribution in [3.8, 4) is 5.69 Å². The van der Waals surface area contributed by atoms with Crippen LogP contribution >= 0.6 is 11.6 Å². The Morgan fingerprint density at radius 3 is 2.96 bits per heavy atom. The van der Waals surface area contributed by atoms with E-state index in [1.165, 1.54) is 0 Å². The second-order valence-electron chi connectivity index (χ2n) is 8.42. The van der Waals surface area contributed by atoms with Gasteiger partial charge in [0.25, 0.3) is 0 Å². The SMILES string of the molecule is CC(C)[C@@H]1CO[C@@]23CCN(Cc4cnn(-c5ccccc5Cl)c4)[C@@H]2CC(=O)N13. The smallest absolute Gasteiger partial charge is 0.226 e. The molecule has 0 N–H and O–H groups in total. The maximum Gasteiger partial charge on any atom is 0.226 e. The molecule has 0 aliphatic carbocycles. The molecule has 0 saturated carbocycles. The molecule has 6 nitrogen and oxygen atoms in total. The number of benzene rings is 1. The number of ether oxygens (including phenoxy) is 1. The molecule has 0 radical (unpaired) electrons. The number of halogens is 1. The van der Waals surface area contributed by atoms with Crippen molar-refractivity contribution in [3.63, 3.8) is 0 Å². The highest BCUT2D eigenvalue weighted by molar-refractivity contribution is 6.32. The Morgan fingerprint density at radius 1 is 1.36 bits per heavy atom. The van der Waals surface area contributed by atoms with E-state index in [1.54, 1.807) is 0 Å². The standard InChI is InChI=1S/C21H25ClN4O2/c1-14(2)18-13-28-21-7-8-24(19(21)9-20(27)26(18)21)11-15-10-23-25(12-15)17-6-4-3-5-16(17)22/h3-6,10,12,14,18-19H,7-9,11,13H2,1-2H3/t18-,19+,21-/m0/s1. The molecule has 4 heterocycles. The first kappa shape index (κ1) is 18.2. The summed E-state index contributed by atoms with van der Waals surface area (Å²) in [6, 6.07) is 8.00. The number of aromatic nitrogens is 2. The zero-order chi connectivity index (χ0) is 19.5. The summed E-state index contributed by atoms with van der Waals surface area (Å²) in [6.07, 6.45) is 5.33. The molecule has 0 unspecified atom stereocenters. The van der Waals surface area contributed by atoms with Crippen molar-refractivity contribution >= 4 is 17.5 Å². The second-order valence-corrected chi connectivity index (χ2v) is 8.82. The monoisotopic (exact) mass is 400 g/mol. The average Bonchev–Trinajstić information content (AvgIpc) is 3.40. The minimum absolute atomic E-state index is 0.118. The van der Waals surface area contributed by atoms with Crippen LogP contribution in [0.2, 0.25) is 5.02 Å². The molecule has 3 saturated heterocycles. The van der Waals surface area contributed by atoms with E-state index in [0.717, 1.165) is 30.8 Å². The van der Waals surface area contributed by atoms with Gasteiger partial charge in [0.2, 0.25) is 5.91 Å². The summed E-state index contributed by atoms with van der Waals surface area (Å²) in [5.74, 6) is 0.641. The summed E-state index contributed by atoms with van der Waals surface area (Å²) in [4.78, 5) is 17.2. The average molecular weight is 401 g/mol. The van der Waals surface area contributed by atoms with Gasteiger partial charge in [-0.25, -0.2) is 4.68 Å². The molecule has 1 amide bonds. The number of carbonyl (C=O) groups excluding carboxylic acids is 1. The van der Waals surface area contributed by atoms with Gasteiger partial charge in [0.15, 0.2) is 5.72 Å². The molecule has 28 heavy (non-hydrogen) atoms. The zero-order valence-electron chi connectivity index (χ0n) is 16.2. The van der Waals surface area contributed by atoms with Crippen molar-refractivity contribution in [3.05, 3.63) is 47.2 Å². The summed E-state index contributed by atoms with van der Waals surface area (Å²) >= 11 is 6.30. The minimum atomic E-state index is -0.426. The predicted molar refractivity (Wildman–Crippen MR) is 106 cm³/mol. The number of hydrogen-bond donors (Lipinski definition) is 0. The van der Waals surface area contributed by atoms with Gasteiger partial charge in [0, 0.05) is 37.7 Å². The number of hydrogen-bond acceptors (Lipinski definition) is 4. The maximum absolute atomic E-state index is 12.8. The first-order chi connectivity index (χ1) is 13.5. The fourth-order valence-electron chi connectivity index (χ4n) is 5.09. The van der Waals surface area contributed by atoms with E-state index < -0.39 is 5.72 Å². The van der Waals surface area contributed by atoms with Crippen molar-refractivity contribution in [2.75, 3.05) is 13.2 Å². The van der Waals surface area contributed by atoms with Gasteiger partial charge in [-0.15, -0.1) is 0 Å². The molecule has 3 fully saturated rings. The highest BCUT2D eigenvalue weighted by Gasteiger charge is 2.64. The van der Waals surface area contributed by atoms with Crippen LogP contribution in [0.25, 0.3) is 5.69 Å². The van der Waals surface area contributed by atoms with Gasteiger partial charge >= 0.3 is 0 Å². The third-order valence-corrected chi connectivity index (χ3v) is 6.81. The van der Waals surface area contributed by atoms with E-state index in [4.69, 9.17) is 16.3 Å². The molecular weight excluding hydrogens is 376 g/mol. The Morgan fingerprint density at radius 2 is 2.18 bits per heavy atom. The molecule has 7 heteroatoms. The Balaban J connectivity index is 1.36. The molecule has 2 aromatic rings. The topological polar surface area (TPSA) is 50.6 Å². The zero-order valence-corrected chi connectivity index (χ0v) is 17.0. The summed E-state index contributed by atoms with van der Waals surface area (Å²) in [5, 5.41) is 5.16. The van der Waals surface area contributed by atoms with E-state index in [1.807, 2.05) is 41.3 Å². The second kappa shape index (κ2) is 6.58. The van der Waals surface area contributed by atoms with E-state index in [2.05, 4.69) is 28.7 Å². The number of rotatable bonds is 4. The van der Waals surface area contributed by atoms with Crippen molar-refractivity contribution < 1.29 is 9.53 Å². The summed E-state index contributed by atoms with van der Waals surface area (Å²) in [7, 11) is 0. The molecule has 3 atom stereocenters. The van der Waals surface area contributed by atoms with E-state index >= 15 is 0 Å². The summed E-state index contributed by atoms with van der Waals surface area (Å²) in [6.45, 7) is 6.68. The van der Waals surface area contributed by atoms with Crippen LogP contribution in [0.3, 0.4) is 0 Å². The van der Waals surface area contributed by atoms with Crippen LogP contribution < -0.4 is 0 Å². The molecule has 3 aliphatic heterocycles. The van der Waals surface area contributed by atoms with E-state index in [-0.39, 0.29) is 18.0 Å². The van der Waals surface area contributed by atoms with Crippen molar-refractivity contribution in [1.29, 1.82) is 0 Å². The van der Waals surface area contributed by atoms with E-state index in [0.29, 0.717) is 24.0 Å². The third kappa shape index (κ3) is 2.62. The highest BCUT2D eigenvalue weighted by Crippen LogP contribution is 2.49. The number of para-hydroxylation sites is 1. The van der Waals surface area contributed by atoms with Gasteiger partial charge < -0.3 is 9.64 Å². The normalized spacial score (nSPS) is 29.7. The first-order valence-electron chi connectivity index (χ1n) is 9.98. The maximum atomic E-state index is 12.8. The van der Waals surface area contributed by atoms with Gasteiger partial charge in [-0.2, -0.15) is 5.10 Å². The van der Waals surface area contributed by atoms with Crippen molar-refractivity contribution in [2.45, 2.75) is 51.0 Å². The predicted octanol–water partition coefficient (Wildman–Crippen LogP) is 3.08. The van der Waals surface area contributed by atoms with Gasteiger partial charge in [0.1, 0.15) is 0 Å². The fraction of sp³-hybridized carbons (Fsp3) is 0.524. The van der Waals surface area contributed by atoms with Crippen LogP contribution in [0.15, 0.2) is 36.7 Å². The largest absolute Gasteiger partial charge is 0.352 e. The van der Waals surface area contributed by atoms with Crippen LogP contribution in [-0.4, -0.2) is 56.4 Å². The Labute approximate surface area is 170 Å². The van der Waals surface area contributed by atoms with Crippen LogP contribution in [-0.2, 0) is 16.1 Å².